The minimum Gasteiger partial charge on any atom is -0.495 e. The van der Waals surface area contributed by atoms with Crippen LogP contribution >= 0.6 is 0 Å². The number of aliphatic hydroxyl groups is 1. The van der Waals surface area contributed by atoms with Crippen molar-refractivity contribution in [3.05, 3.63) is 23.8 Å². The molecule has 0 heterocycles. The molecule has 1 unspecified atom stereocenters. The van der Waals surface area contributed by atoms with E-state index < -0.39 is 22.1 Å². The van der Waals surface area contributed by atoms with Gasteiger partial charge in [-0.1, -0.05) is 0 Å². The zero-order chi connectivity index (χ0) is 15.5. The molecule has 0 aliphatic carbocycles. The SMILES string of the molecule is COc1cc(C(=O)O)ccc1S(=O)(=O)N(C)CC(C)O. The molecule has 0 bridgehead atoms. The van der Waals surface area contributed by atoms with Gasteiger partial charge in [0.25, 0.3) is 0 Å². The summed E-state index contributed by atoms with van der Waals surface area (Å²) in [5.41, 5.74) is -0.0704. The molecule has 0 aromatic heterocycles. The van der Waals surface area contributed by atoms with Gasteiger partial charge in [0.1, 0.15) is 10.6 Å². The Bertz CT molecular complexity index is 596. The van der Waals surface area contributed by atoms with Crippen molar-refractivity contribution < 1.29 is 28.2 Å². The summed E-state index contributed by atoms with van der Waals surface area (Å²) < 4.78 is 30.6. The number of hydrogen-bond donors (Lipinski definition) is 2. The molecule has 1 aromatic rings. The first-order valence-electron chi connectivity index (χ1n) is 5.76. The normalized spacial score (nSPS) is 13.2. The average molecular weight is 303 g/mol. The van der Waals surface area contributed by atoms with Gasteiger partial charge in [-0.25, -0.2) is 13.2 Å². The third kappa shape index (κ3) is 3.47. The van der Waals surface area contributed by atoms with Crippen molar-refractivity contribution in [3.63, 3.8) is 0 Å². The topological polar surface area (TPSA) is 104 Å². The van der Waals surface area contributed by atoms with Crippen molar-refractivity contribution >= 4 is 16.0 Å². The Labute approximate surface area is 117 Å². The van der Waals surface area contributed by atoms with E-state index in [0.717, 1.165) is 10.4 Å². The summed E-state index contributed by atoms with van der Waals surface area (Å²) in [6.07, 6.45) is -0.820. The molecule has 112 valence electrons. The second kappa shape index (κ2) is 6.21. The number of rotatable bonds is 6. The zero-order valence-electron chi connectivity index (χ0n) is 11.4. The lowest BCUT2D eigenvalue weighted by Crippen LogP contribution is -2.33. The molecule has 0 saturated carbocycles. The largest absolute Gasteiger partial charge is 0.495 e. The number of hydrogen-bond acceptors (Lipinski definition) is 5. The second-order valence-electron chi connectivity index (χ2n) is 4.31. The number of nitrogens with zero attached hydrogens (tertiary/aromatic N) is 1. The maximum atomic E-state index is 12.3. The summed E-state index contributed by atoms with van der Waals surface area (Å²) in [5, 5.41) is 18.1. The highest BCUT2D eigenvalue weighted by atomic mass is 32.2. The third-order valence-corrected chi connectivity index (χ3v) is 4.48. The number of aliphatic hydroxyl groups excluding tert-OH is 1. The van der Waals surface area contributed by atoms with Crippen LogP contribution < -0.4 is 4.74 Å². The molecule has 0 fully saturated rings. The predicted octanol–water partition coefficient (Wildman–Crippen LogP) is 0.395. The standard InChI is InChI=1S/C12H17NO6S/c1-8(14)7-13(2)20(17,18)11-5-4-9(12(15)16)6-10(11)19-3/h4-6,8,14H,7H2,1-3H3,(H,15,16). The molecular weight excluding hydrogens is 286 g/mol. The fraction of sp³-hybridized carbons (Fsp3) is 0.417. The predicted molar refractivity (Wildman–Crippen MR) is 71.4 cm³/mol. The van der Waals surface area contributed by atoms with Crippen molar-refractivity contribution in [2.24, 2.45) is 0 Å². The number of aromatic carboxylic acids is 1. The summed E-state index contributed by atoms with van der Waals surface area (Å²) >= 11 is 0. The van der Waals surface area contributed by atoms with Crippen molar-refractivity contribution in [2.45, 2.75) is 17.9 Å². The highest BCUT2D eigenvalue weighted by molar-refractivity contribution is 7.89. The molecule has 1 aromatic carbocycles. The van der Waals surface area contributed by atoms with Gasteiger partial charge in [-0.05, 0) is 25.1 Å². The number of ether oxygens (including phenoxy) is 1. The number of methoxy groups -OCH3 is 1. The van der Waals surface area contributed by atoms with E-state index in [2.05, 4.69) is 0 Å². The Balaban J connectivity index is 3.28. The Kier molecular flexibility index (Phi) is 5.09. The summed E-state index contributed by atoms with van der Waals surface area (Å²) in [7, 11) is -1.28. The van der Waals surface area contributed by atoms with Crippen LogP contribution in [0.4, 0.5) is 0 Å². The molecule has 0 amide bonds. The van der Waals surface area contributed by atoms with E-state index in [-0.39, 0.29) is 22.8 Å². The average Bonchev–Trinajstić information content (AvgIpc) is 2.36. The number of carboxylic acids is 1. The minimum absolute atomic E-state index is 0.0534. The van der Waals surface area contributed by atoms with Crippen LogP contribution in [0.25, 0.3) is 0 Å². The fourth-order valence-corrected chi connectivity index (χ4v) is 3.04. The van der Waals surface area contributed by atoms with Gasteiger partial charge in [0, 0.05) is 13.6 Å². The van der Waals surface area contributed by atoms with Crippen molar-refractivity contribution in [2.75, 3.05) is 20.7 Å². The van der Waals surface area contributed by atoms with Crippen LogP contribution in [0, 0.1) is 0 Å². The lowest BCUT2D eigenvalue weighted by molar-refractivity contribution is 0.0696. The van der Waals surface area contributed by atoms with Gasteiger partial charge in [0.15, 0.2) is 0 Å². The maximum Gasteiger partial charge on any atom is 0.335 e. The second-order valence-corrected chi connectivity index (χ2v) is 6.32. The lowest BCUT2D eigenvalue weighted by Gasteiger charge is -2.20. The molecule has 1 atom stereocenters. The van der Waals surface area contributed by atoms with Crippen LogP contribution in [0.15, 0.2) is 23.1 Å². The maximum absolute atomic E-state index is 12.3. The molecule has 0 aliphatic heterocycles. The highest BCUT2D eigenvalue weighted by Crippen LogP contribution is 2.27. The van der Waals surface area contributed by atoms with Crippen LogP contribution in [0.3, 0.4) is 0 Å². The summed E-state index contributed by atoms with van der Waals surface area (Å²) in [6.45, 7) is 1.39. The summed E-state index contributed by atoms with van der Waals surface area (Å²) in [4.78, 5) is 10.7. The van der Waals surface area contributed by atoms with Crippen LogP contribution in [0.1, 0.15) is 17.3 Å². The van der Waals surface area contributed by atoms with Crippen molar-refractivity contribution in [1.29, 1.82) is 0 Å². The van der Waals surface area contributed by atoms with E-state index in [4.69, 9.17) is 9.84 Å². The molecule has 2 N–H and O–H groups in total. The molecule has 0 saturated heterocycles. The molecule has 0 radical (unpaired) electrons. The Morgan fingerprint density at radius 2 is 2.05 bits per heavy atom. The summed E-state index contributed by atoms with van der Waals surface area (Å²) in [5.74, 6) is -1.23. The van der Waals surface area contributed by atoms with E-state index in [1.54, 1.807) is 0 Å². The number of benzene rings is 1. The smallest absolute Gasteiger partial charge is 0.335 e. The first kappa shape index (κ1) is 16.4. The Morgan fingerprint density at radius 1 is 1.45 bits per heavy atom. The van der Waals surface area contributed by atoms with E-state index in [9.17, 15) is 18.3 Å². The first-order chi connectivity index (χ1) is 9.20. The van der Waals surface area contributed by atoms with Gasteiger partial charge in [0.05, 0.1) is 18.8 Å². The highest BCUT2D eigenvalue weighted by Gasteiger charge is 2.26. The zero-order valence-corrected chi connectivity index (χ0v) is 12.2. The van der Waals surface area contributed by atoms with Gasteiger partial charge in [-0.2, -0.15) is 4.31 Å². The Hall–Kier alpha value is -1.64. The van der Waals surface area contributed by atoms with Gasteiger partial charge in [-0.15, -0.1) is 0 Å². The number of sulfonamides is 1. The molecule has 0 spiro atoms. The first-order valence-corrected chi connectivity index (χ1v) is 7.20. The van der Waals surface area contributed by atoms with Crippen LogP contribution in [-0.2, 0) is 10.0 Å². The van der Waals surface area contributed by atoms with Gasteiger partial charge in [0.2, 0.25) is 10.0 Å². The lowest BCUT2D eigenvalue weighted by atomic mass is 10.2. The van der Waals surface area contributed by atoms with E-state index in [0.29, 0.717) is 0 Å². The molecule has 7 nitrogen and oxygen atoms in total. The van der Waals surface area contributed by atoms with Crippen LogP contribution in [0.2, 0.25) is 0 Å². The Morgan fingerprint density at radius 3 is 2.50 bits per heavy atom. The number of carboxylic acid groups (broad SMARTS) is 1. The molecule has 0 aliphatic rings. The number of carbonyl (C=O) groups is 1. The van der Waals surface area contributed by atoms with E-state index >= 15 is 0 Å². The van der Waals surface area contributed by atoms with Crippen molar-refractivity contribution in [3.8, 4) is 5.75 Å². The quantitative estimate of drug-likeness (QED) is 0.788. The van der Waals surface area contributed by atoms with Gasteiger partial charge >= 0.3 is 5.97 Å². The molecule has 8 heteroatoms. The fourth-order valence-electron chi connectivity index (χ4n) is 1.65. The van der Waals surface area contributed by atoms with Crippen LogP contribution in [-0.4, -0.2) is 55.7 Å². The van der Waals surface area contributed by atoms with Crippen LogP contribution in [0.5, 0.6) is 5.75 Å². The minimum atomic E-state index is -3.86. The van der Waals surface area contributed by atoms with Gasteiger partial charge in [-0.3, -0.25) is 0 Å². The van der Waals surface area contributed by atoms with E-state index in [1.807, 2.05) is 0 Å². The number of likely N-dealkylation sites (N-methyl/N-ethyl adjacent to an activating group) is 1. The molecule has 1 rings (SSSR count). The van der Waals surface area contributed by atoms with E-state index in [1.165, 1.54) is 33.2 Å². The third-order valence-electron chi connectivity index (χ3n) is 2.62. The monoisotopic (exact) mass is 303 g/mol. The summed E-state index contributed by atoms with van der Waals surface area (Å²) in [6, 6.07) is 3.51. The van der Waals surface area contributed by atoms with Crippen molar-refractivity contribution in [1.82, 2.24) is 4.31 Å². The van der Waals surface area contributed by atoms with Gasteiger partial charge < -0.3 is 14.9 Å². The molecular formula is C12H17NO6S. The molecule has 20 heavy (non-hydrogen) atoms.